The monoisotopic (exact) mass is 292 g/mol. The fourth-order valence-corrected chi connectivity index (χ4v) is 2.79. The Morgan fingerprint density at radius 1 is 1.09 bits per heavy atom. The second-order valence-corrected chi connectivity index (χ2v) is 6.11. The standard InChI is InChI=1S/C19H20N2O/c20-19-15(12-22-11-13-6-7-13)8-9-17-16(19)10-18(21-17)14-4-2-1-3-5-14/h1-5,8-10,13,21H,6-7,11-12,20H2. The summed E-state index contributed by atoms with van der Waals surface area (Å²) in [6, 6.07) is 16.6. The Hall–Kier alpha value is -2.26. The van der Waals surface area contributed by atoms with Crippen LogP contribution < -0.4 is 5.73 Å². The van der Waals surface area contributed by atoms with Crippen LogP contribution in [0.5, 0.6) is 0 Å². The topological polar surface area (TPSA) is 51.0 Å². The van der Waals surface area contributed by atoms with Crippen LogP contribution in [0, 0.1) is 5.92 Å². The number of nitrogens with two attached hydrogens (primary N) is 1. The van der Waals surface area contributed by atoms with Gasteiger partial charge in [-0.1, -0.05) is 36.4 Å². The number of hydrogen-bond donors (Lipinski definition) is 2. The van der Waals surface area contributed by atoms with Crippen LogP contribution in [-0.4, -0.2) is 11.6 Å². The molecule has 1 heterocycles. The number of benzene rings is 2. The first-order chi connectivity index (χ1) is 10.8. The largest absolute Gasteiger partial charge is 0.398 e. The van der Waals surface area contributed by atoms with Crippen molar-refractivity contribution in [2.75, 3.05) is 12.3 Å². The molecule has 3 heteroatoms. The van der Waals surface area contributed by atoms with Gasteiger partial charge in [-0.15, -0.1) is 0 Å². The Kier molecular flexibility index (Phi) is 3.35. The first kappa shape index (κ1) is 13.4. The van der Waals surface area contributed by atoms with Gasteiger partial charge in [-0.25, -0.2) is 0 Å². The summed E-state index contributed by atoms with van der Waals surface area (Å²) in [7, 11) is 0. The van der Waals surface area contributed by atoms with Gasteiger partial charge >= 0.3 is 0 Å². The van der Waals surface area contributed by atoms with E-state index in [1.165, 1.54) is 18.4 Å². The molecule has 22 heavy (non-hydrogen) atoms. The van der Waals surface area contributed by atoms with Gasteiger partial charge in [0.05, 0.1) is 6.61 Å². The summed E-state index contributed by atoms with van der Waals surface area (Å²) in [4.78, 5) is 3.44. The summed E-state index contributed by atoms with van der Waals surface area (Å²) in [6.07, 6.45) is 2.62. The van der Waals surface area contributed by atoms with E-state index in [0.29, 0.717) is 6.61 Å². The molecule has 1 saturated carbocycles. The van der Waals surface area contributed by atoms with Crippen LogP contribution in [0.25, 0.3) is 22.2 Å². The summed E-state index contributed by atoms with van der Waals surface area (Å²) >= 11 is 0. The lowest BCUT2D eigenvalue weighted by Crippen LogP contribution is -2.00. The SMILES string of the molecule is Nc1c(COCC2CC2)ccc2[nH]c(-c3ccccc3)cc12. The molecule has 0 aliphatic heterocycles. The van der Waals surface area contributed by atoms with Crippen molar-refractivity contribution in [1.29, 1.82) is 0 Å². The molecule has 3 aromatic rings. The van der Waals surface area contributed by atoms with E-state index in [-0.39, 0.29) is 0 Å². The Morgan fingerprint density at radius 2 is 1.91 bits per heavy atom. The number of anilines is 1. The van der Waals surface area contributed by atoms with Crippen LogP contribution >= 0.6 is 0 Å². The van der Waals surface area contributed by atoms with E-state index in [9.17, 15) is 0 Å². The van der Waals surface area contributed by atoms with Gasteiger partial charge in [0.15, 0.2) is 0 Å². The number of hydrogen-bond acceptors (Lipinski definition) is 2. The van der Waals surface area contributed by atoms with Gasteiger partial charge in [0.1, 0.15) is 0 Å². The van der Waals surface area contributed by atoms with Crippen molar-refractivity contribution in [3.63, 3.8) is 0 Å². The van der Waals surface area contributed by atoms with E-state index >= 15 is 0 Å². The molecular weight excluding hydrogens is 272 g/mol. The summed E-state index contributed by atoms with van der Waals surface area (Å²) < 4.78 is 5.77. The summed E-state index contributed by atoms with van der Waals surface area (Å²) in [6.45, 7) is 1.46. The molecule has 1 fully saturated rings. The smallest absolute Gasteiger partial charge is 0.0737 e. The van der Waals surface area contributed by atoms with E-state index in [0.717, 1.165) is 40.4 Å². The average Bonchev–Trinajstić information content (AvgIpc) is 3.26. The van der Waals surface area contributed by atoms with Crippen molar-refractivity contribution in [1.82, 2.24) is 4.98 Å². The number of nitrogen functional groups attached to an aromatic ring is 1. The van der Waals surface area contributed by atoms with Gasteiger partial charge in [-0.2, -0.15) is 0 Å². The lowest BCUT2D eigenvalue weighted by Gasteiger charge is -2.07. The van der Waals surface area contributed by atoms with Gasteiger partial charge in [-0.05, 0) is 36.5 Å². The number of aromatic nitrogens is 1. The molecule has 3 nitrogen and oxygen atoms in total. The Morgan fingerprint density at radius 3 is 2.68 bits per heavy atom. The number of nitrogens with one attached hydrogen (secondary N) is 1. The van der Waals surface area contributed by atoms with Crippen molar-refractivity contribution in [2.24, 2.45) is 5.92 Å². The van der Waals surface area contributed by atoms with E-state index < -0.39 is 0 Å². The van der Waals surface area contributed by atoms with Gasteiger partial charge in [-0.3, -0.25) is 0 Å². The van der Waals surface area contributed by atoms with Gasteiger partial charge in [0.25, 0.3) is 0 Å². The van der Waals surface area contributed by atoms with Gasteiger partial charge < -0.3 is 15.5 Å². The average molecular weight is 292 g/mol. The van der Waals surface area contributed by atoms with Crippen LogP contribution in [0.2, 0.25) is 0 Å². The normalized spacial score (nSPS) is 14.5. The second-order valence-electron chi connectivity index (χ2n) is 6.11. The van der Waals surface area contributed by atoms with Crippen molar-refractivity contribution < 1.29 is 4.74 Å². The Labute approximate surface area is 130 Å². The highest BCUT2D eigenvalue weighted by Gasteiger charge is 2.21. The zero-order chi connectivity index (χ0) is 14.9. The maximum absolute atomic E-state index is 6.34. The van der Waals surface area contributed by atoms with E-state index in [2.05, 4.69) is 35.3 Å². The maximum atomic E-state index is 6.34. The van der Waals surface area contributed by atoms with Gasteiger partial charge in [0.2, 0.25) is 0 Å². The number of aromatic amines is 1. The molecule has 1 aromatic heterocycles. The Balaban J connectivity index is 1.63. The third-order valence-electron chi connectivity index (χ3n) is 4.33. The first-order valence-electron chi connectivity index (χ1n) is 7.84. The number of rotatable bonds is 5. The zero-order valence-corrected chi connectivity index (χ0v) is 12.5. The van der Waals surface area contributed by atoms with Crippen molar-refractivity contribution >= 4 is 16.6 Å². The number of fused-ring (bicyclic) bond motifs is 1. The zero-order valence-electron chi connectivity index (χ0n) is 12.5. The summed E-state index contributed by atoms with van der Waals surface area (Å²) in [5.41, 5.74) is 11.6. The third-order valence-corrected chi connectivity index (χ3v) is 4.33. The summed E-state index contributed by atoms with van der Waals surface area (Å²) in [5.74, 6) is 0.780. The molecule has 0 atom stereocenters. The lowest BCUT2D eigenvalue weighted by atomic mass is 10.1. The molecule has 0 unspecified atom stereocenters. The molecule has 3 N–H and O–H groups in total. The lowest BCUT2D eigenvalue weighted by molar-refractivity contribution is 0.112. The second kappa shape index (κ2) is 5.50. The highest BCUT2D eigenvalue weighted by molar-refractivity contribution is 5.96. The fraction of sp³-hybridized carbons (Fsp3) is 0.263. The minimum atomic E-state index is 0.601. The van der Waals surface area contributed by atoms with Crippen molar-refractivity contribution in [3.05, 3.63) is 54.1 Å². The molecule has 112 valence electrons. The minimum Gasteiger partial charge on any atom is -0.398 e. The van der Waals surface area contributed by atoms with Crippen LogP contribution in [0.15, 0.2) is 48.5 Å². The predicted molar refractivity (Wildman–Crippen MR) is 90.5 cm³/mol. The molecule has 0 saturated heterocycles. The van der Waals surface area contributed by atoms with E-state index in [1.54, 1.807) is 0 Å². The molecule has 0 amide bonds. The highest BCUT2D eigenvalue weighted by Crippen LogP contribution is 2.32. The molecule has 4 rings (SSSR count). The minimum absolute atomic E-state index is 0.601. The molecule has 0 spiro atoms. The predicted octanol–water partition coefficient (Wildman–Crippen LogP) is 4.34. The Bertz CT molecular complexity index is 788. The maximum Gasteiger partial charge on any atom is 0.0737 e. The van der Waals surface area contributed by atoms with E-state index in [1.807, 2.05) is 18.2 Å². The van der Waals surface area contributed by atoms with Crippen LogP contribution in [0.1, 0.15) is 18.4 Å². The van der Waals surface area contributed by atoms with Crippen molar-refractivity contribution in [3.8, 4) is 11.3 Å². The molecule has 2 aromatic carbocycles. The molecule has 1 aliphatic rings. The molecular formula is C19H20N2O. The molecule has 0 bridgehead atoms. The van der Waals surface area contributed by atoms with Crippen molar-refractivity contribution in [2.45, 2.75) is 19.4 Å². The number of ether oxygens (including phenoxy) is 1. The summed E-state index contributed by atoms with van der Waals surface area (Å²) in [5, 5.41) is 1.08. The highest BCUT2D eigenvalue weighted by atomic mass is 16.5. The molecule has 0 radical (unpaired) electrons. The van der Waals surface area contributed by atoms with Crippen LogP contribution in [0.3, 0.4) is 0 Å². The third kappa shape index (κ3) is 2.60. The quantitative estimate of drug-likeness (QED) is 0.687. The van der Waals surface area contributed by atoms with E-state index in [4.69, 9.17) is 10.5 Å². The van der Waals surface area contributed by atoms with Crippen LogP contribution in [0.4, 0.5) is 5.69 Å². The first-order valence-corrected chi connectivity index (χ1v) is 7.84. The molecule has 1 aliphatic carbocycles. The van der Waals surface area contributed by atoms with Gasteiger partial charge in [0, 0.05) is 34.5 Å². The van der Waals surface area contributed by atoms with Crippen LogP contribution in [-0.2, 0) is 11.3 Å². The number of H-pyrrole nitrogens is 1. The fourth-order valence-electron chi connectivity index (χ4n) is 2.79.